The molecule has 12 nitrogen and oxygen atoms in total. The smallest absolute Gasteiger partial charge is 0.349 e. The van der Waals surface area contributed by atoms with Gasteiger partial charge in [0.2, 0.25) is 5.96 Å². The summed E-state index contributed by atoms with van der Waals surface area (Å²) in [6, 6.07) is -1.96. The number of carbonyl (C=O) groups excluding carboxylic acids is 1. The van der Waals surface area contributed by atoms with Gasteiger partial charge in [-0.25, -0.2) is 4.79 Å². The zero-order valence-electron chi connectivity index (χ0n) is 13.4. The average Bonchev–Trinajstić information content (AvgIpc) is 2.49. The molecule has 0 aromatic heterocycles. The SMILES string of the molecule is N=C(N)N(CCCC(N)C(=O)O)OC(=O)[C@@H](N)CCCN=C(N)N. The molecule has 0 aliphatic heterocycles. The average molecular weight is 346 g/mol. The van der Waals surface area contributed by atoms with Crippen LogP contribution in [0.5, 0.6) is 0 Å². The monoisotopic (exact) mass is 346 g/mol. The van der Waals surface area contributed by atoms with E-state index >= 15 is 0 Å². The highest BCUT2D eigenvalue weighted by Crippen LogP contribution is 2.03. The lowest BCUT2D eigenvalue weighted by Crippen LogP contribution is -2.44. The Morgan fingerprint density at radius 2 is 1.71 bits per heavy atom. The zero-order chi connectivity index (χ0) is 18.7. The summed E-state index contributed by atoms with van der Waals surface area (Å²) < 4.78 is 0. The summed E-state index contributed by atoms with van der Waals surface area (Å²) in [6.45, 7) is 0.357. The summed E-state index contributed by atoms with van der Waals surface area (Å²) >= 11 is 0. The second-order valence-corrected chi connectivity index (χ2v) is 5.04. The van der Waals surface area contributed by atoms with Crippen LogP contribution >= 0.6 is 0 Å². The Balaban J connectivity index is 4.29. The predicted octanol–water partition coefficient (Wildman–Crippen LogP) is -2.79. The maximum Gasteiger partial charge on any atom is 0.349 e. The highest BCUT2D eigenvalue weighted by atomic mass is 16.7. The number of nitrogens with one attached hydrogen (secondary N) is 1. The van der Waals surface area contributed by atoms with E-state index in [1.165, 1.54) is 0 Å². The third kappa shape index (κ3) is 9.42. The number of carboxylic acids is 1. The van der Waals surface area contributed by atoms with Crippen LogP contribution in [0.1, 0.15) is 25.7 Å². The summed E-state index contributed by atoms with van der Waals surface area (Å²) in [4.78, 5) is 31.2. The third-order valence-corrected chi connectivity index (χ3v) is 2.93. The molecule has 1 unspecified atom stereocenters. The topological polar surface area (TPSA) is 233 Å². The summed E-state index contributed by atoms with van der Waals surface area (Å²) in [7, 11) is 0. The van der Waals surface area contributed by atoms with Crippen LogP contribution in [0.15, 0.2) is 4.99 Å². The van der Waals surface area contributed by atoms with Crippen LogP contribution in [0.4, 0.5) is 0 Å². The molecule has 0 fully saturated rings. The van der Waals surface area contributed by atoms with Gasteiger partial charge < -0.3 is 38.6 Å². The lowest BCUT2D eigenvalue weighted by atomic mass is 10.1. The van der Waals surface area contributed by atoms with E-state index in [-0.39, 0.29) is 31.8 Å². The molecule has 0 rings (SSSR count). The van der Waals surface area contributed by atoms with Crippen molar-refractivity contribution in [1.82, 2.24) is 5.06 Å². The number of carboxylic acid groups (broad SMARTS) is 1. The molecule has 0 spiro atoms. The number of rotatable bonds is 10. The molecule has 0 aliphatic rings. The van der Waals surface area contributed by atoms with Crippen LogP contribution in [-0.2, 0) is 14.4 Å². The van der Waals surface area contributed by atoms with Gasteiger partial charge in [0.1, 0.15) is 12.1 Å². The van der Waals surface area contributed by atoms with Crippen LogP contribution < -0.4 is 28.7 Å². The molecule has 0 saturated carbocycles. The van der Waals surface area contributed by atoms with Gasteiger partial charge in [0, 0.05) is 6.54 Å². The van der Waals surface area contributed by atoms with Crippen molar-refractivity contribution in [3.05, 3.63) is 0 Å². The van der Waals surface area contributed by atoms with E-state index in [9.17, 15) is 9.59 Å². The molecule has 0 saturated heterocycles. The number of carbonyl (C=O) groups is 2. The first kappa shape index (κ1) is 21.4. The molecule has 0 bridgehead atoms. The van der Waals surface area contributed by atoms with E-state index in [0.717, 1.165) is 5.06 Å². The Morgan fingerprint density at radius 1 is 1.12 bits per heavy atom. The standard InChI is InChI=1S/C12H26N8O4/c13-7(9(21)22)4-2-6-20(12(17)18)24-10(23)8(14)3-1-5-19-11(15)16/h7-8H,1-6,13-14H2,(H3,17,18)(H,21,22)(H4,15,16,19)/t7?,8-/m0/s1. The number of hydrogen-bond acceptors (Lipinski definition) is 7. The second kappa shape index (κ2) is 11.0. The third-order valence-electron chi connectivity index (χ3n) is 2.93. The normalized spacial score (nSPS) is 12.8. The fourth-order valence-corrected chi connectivity index (χ4v) is 1.61. The molecule has 0 aliphatic carbocycles. The quantitative estimate of drug-likeness (QED) is 0.0928. The minimum atomic E-state index is -1.14. The van der Waals surface area contributed by atoms with Crippen LogP contribution in [-0.4, -0.2) is 59.2 Å². The molecule has 0 aromatic carbocycles. The summed E-state index contributed by atoms with van der Waals surface area (Å²) in [5.74, 6) is -2.45. The van der Waals surface area contributed by atoms with Crippen molar-refractivity contribution < 1.29 is 19.5 Å². The van der Waals surface area contributed by atoms with Gasteiger partial charge in [0.05, 0.1) is 6.54 Å². The predicted molar refractivity (Wildman–Crippen MR) is 87.4 cm³/mol. The van der Waals surface area contributed by atoms with Crippen molar-refractivity contribution in [2.75, 3.05) is 13.1 Å². The fourth-order valence-electron chi connectivity index (χ4n) is 1.61. The molecule has 2 atom stereocenters. The van der Waals surface area contributed by atoms with E-state index in [1.807, 2.05) is 0 Å². The number of aliphatic imine (C=N–C) groups is 1. The summed E-state index contributed by atoms with van der Waals surface area (Å²) in [5, 5.41) is 16.9. The number of hydroxylamine groups is 2. The molecule has 12 heteroatoms. The first-order valence-electron chi connectivity index (χ1n) is 7.27. The van der Waals surface area contributed by atoms with Crippen LogP contribution in [0.25, 0.3) is 0 Å². The maximum atomic E-state index is 11.8. The van der Waals surface area contributed by atoms with Crippen LogP contribution in [0, 0.1) is 5.41 Å². The molecule has 0 aromatic rings. The van der Waals surface area contributed by atoms with Gasteiger partial charge in [-0.05, 0) is 25.7 Å². The van der Waals surface area contributed by atoms with E-state index in [1.54, 1.807) is 0 Å². The number of nitrogens with zero attached hydrogens (tertiary/aromatic N) is 2. The molecule has 0 radical (unpaired) electrons. The summed E-state index contributed by atoms with van der Waals surface area (Å²) in [5.41, 5.74) is 26.7. The first-order chi connectivity index (χ1) is 11.1. The Hall–Kier alpha value is -2.60. The number of guanidine groups is 2. The largest absolute Gasteiger partial charge is 0.480 e. The van der Waals surface area contributed by atoms with Crippen molar-refractivity contribution in [3.63, 3.8) is 0 Å². The highest BCUT2D eigenvalue weighted by Gasteiger charge is 2.20. The van der Waals surface area contributed by atoms with E-state index in [0.29, 0.717) is 13.0 Å². The lowest BCUT2D eigenvalue weighted by molar-refractivity contribution is -0.175. The van der Waals surface area contributed by atoms with Crippen molar-refractivity contribution >= 4 is 23.9 Å². The van der Waals surface area contributed by atoms with Gasteiger partial charge in [0.25, 0.3) is 0 Å². The van der Waals surface area contributed by atoms with Gasteiger partial charge in [-0.2, -0.15) is 5.06 Å². The van der Waals surface area contributed by atoms with Crippen LogP contribution in [0.2, 0.25) is 0 Å². The minimum Gasteiger partial charge on any atom is -0.480 e. The Labute approximate surface area is 139 Å². The number of hydrogen-bond donors (Lipinski definition) is 7. The van der Waals surface area contributed by atoms with Crippen molar-refractivity contribution in [2.24, 2.45) is 33.7 Å². The van der Waals surface area contributed by atoms with E-state index in [2.05, 4.69) is 4.99 Å². The fraction of sp³-hybridized carbons (Fsp3) is 0.667. The first-order valence-corrected chi connectivity index (χ1v) is 7.27. The van der Waals surface area contributed by atoms with Crippen molar-refractivity contribution in [1.29, 1.82) is 5.41 Å². The van der Waals surface area contributed by atoms with Crippen molar-refractivity contribution in [3.8, 4) is 0 Å². The maximum absolute atomic E-state index is 11.8. The molecule has 138 valence electrons. The summed E-state index contributed by atoms with van der Waals surface area (Å²) in [6.07, 6.45) is 1.16. The second-order valence-electron chi connectivity index (χ2n) is 5.04. The lowest BCUT2D eigenvalue weighted by Gasteiger charge is -2.22. The molecular weight excluding hydrogens is 320 g/mol. The molecular formula is C12H26N8O4. The van der Waals surface area contributed by atoms with Crippen molar-refractivity contribution in [2.45, 2.75) is 37.8 Å². The highest BCUT2D eigenvalue weighted by molar-refractivity contribution is 5.79. The van der Waals surface area contributed by atoms with Gasteiger partial charge in [-0.1, -0.05) is 0 Å². The Kier molecular flexibility index (Phi) is 9.82. The van der Waals surface area contributed by atoms with Gasteiger partial charge in [-0.3, -0.25) is 15.2 Å². The van der Waals surface area contributed by atoms with E-state index < -0.39 is 30.0 Å². The van der Waals surface area contributed by atoms with Gasteiger partial charge >= 0.3 is 11.9 Å². The van der Waals surface area contributed by atoms with Crippen LogP contribution in [0.3, 0.4) is 0 Å². The zero-order valence-corrected chi connectivity index (χ0v) is 13.4. The van der Waals surface area contributed by atoms with Gasteiger partial charge in [-0.15, -0.1) is 0 Å². The minimum absolute atomic E-state index is 0.0305. The molecule has 0 heterocycles. The number of nitrogens with two attached hydrogens (primary N) is 5. The van der Waals surface area contributed by atoms with E-state index in [4.69, 9.17) is 44.0 Å². The number of aliphatic carboxylic acids is 1. The molecule has 24 heavy (non-hydrogen) atoms. The Morgan fingerprint density at radius 3 is 2.21 bits per heavy atom. The molecule has 0 amide bonds. The van der Waals surface area contributed by atoms with Gasteiger partial charge in [0.15, 0.2) is 5.96 Å². The Bertz CT molecular complexity index is 466. The molecule has 12 N–H and O–H groups in total.